The lowest BCUT2D eigenvalue weighted by Crippen LogP contribution is -2.44. The van der Waals surface area contributed by atoms with Crippen molar-refractivity contribution in [3.8, 4) is 0 Å². The number of hydrogen-bond donors (Lipinski definition) is 2. The Morgan fingerprint density at radius 1 is 1.38 bits per heavy atom. The van der Waals surface area contributed by atoms with Gasteiger partial charge >= 0.3 is 0 Å². The molecule has 0 aliphatic carbocycles. The van der Waals surface area contributed by atoms with Gasteiger partial charge in [-0.3, -0.25) is 4.79 Å². The summed E-state index contributed by atoms with van der Waals surface area (Å²) in [4.78, 5) is 18.2. The largest absolute Gasteiger partial charge is 0.361 e. The van der Waals surface area contributed by atoms with Gasteiger partial charge in [-0.1, -0.05) is 6.07 Å². The highest BCUT2D eigenvalue weighted by Crippen LogP contribution is 2.25. The number of rotatable bonds is 4. The van der Waals surface area contributed by atoms with Crippen LogP contribution in [-0.4, -0.2) is 42.0 Å². The molecule has 1 aliphatic rings. The van der Waals surface area contributed by atoms with Gasteiger partial charge in [-0.15, -0.1) is 0 Å². The SMILES string of the molecule is CNCCC1CCCCN1C(=O)c1cccc2[nH]ccc12. The molecule has 112 valence electrons. The Kier molecular flexibility index (Phi) is 4.25. The van der Waals surface area contributed by atoms with E-state index in [1.165, 1.54) is 6.42 Å². The van der Waals surface area contributed by atoms with Crippen LogP contribution >= 0.6 is 0 Å². The van der Waals surface area contributed by atoms with E-state index in [9.17, 15) is 4.79 Å². The number of aromatic nitrogens is 1. The number of nitrogens with one attached hydrogen (secondary N) is 2. The normalized spacial score (nSPS) is 19.1. The van der Waals surface area contributed by atoms with Gasteiger partial charge in [0, 0.05) is 35.2 Å². The number of hydrogen-bond acceptors (Lipinski definition) is 2. The van der Waals surface area contributed by atoms with Crippen molar-refractivity contribution in [2.24, 2.45) is 0 Å². The van der Waals surface area contributed by atoms with Crippen molar-refractivity contribution < 1.29 is 4.79 Å². The molecule has 0 saturated carbocycles. The van der Waals surface area contributed by atoms with Gasteiger partial charge in [0.1, 0.15) is 0 Å². The first kappa shape index (κ1) is 14.1. The number of H-pyrrole nitrogens is 1. The van der Waals surface area contributed by atoms with E-state index in [1.807, 2.05) is 37.5 Å². The second-order valence-electron chi connectivity index (χ2n) is 5.78. The topological polar surface area (TPSA) is 48.1 Å². The number of likely N-dealkylation sites (tertiary alicyclic amines) is 1. The number of amides is 1. The second-order valence-corrected chi connectivity index (χ2v) is 5.78. The van der Waals surface area contributed by atoms with Gasteiger partial charge < -0.3 is 15.2 Å². The summed E-state index contributed by atoms with van der Waals surface area (Å²) in [6.45, 7) is 1.84. The molecule has 1 atom stereocenters. The van der Waals surface area contributed by atoms with Crippen LogP contribution in [0.4, 0.5) is 0 Å². The molecule has 0 radical (unpaired) electrons. The molecule has 1 fully saturated rings. The van der Waals surface area contributed by atoms with Gasteiger partial charge in [-0.2, -0.15) is 0 Å². The summed E-state index contributed by atoms with van der Waals surface area (Å²) in [5.74, 6) is 0.181. The summed E-state index contributed by atoms with van der Waals surface area (Å²) in [6.07, 6.45) is 6.40. The van der Waals surface area contributed by atoms with Crippen molar-refractivity contribution in [3.05, 3.63) is 36.0 Å². The van der Waals surface area contributed by atoms with Gasteiger partial charge in [-0.25, -0.2) is 0 Å². The number of piperidine rings is 1. The van der Waals surface area contributed by atoms with Crippen molar-refractivity contribution in [1.82, 2.24) is 15.2 Å². The van der Waals surface area contributed by atoms with Crippen LogP contribution in [0.25, 0.3) is 10.9 Å². The summed E-state index contributed by atoms with van der Waals surface area (Å²) in [5, 5.41) is 4.22. The average molecular weight is 285 g/mol. The van der Waals surface area contributed by atoms with Gasteiger partial charge in [0.15, 0.2) is 0 Å². The minimum absolute atomic E-state index is 0.181. The lowest BCUT2D eigenvalue weighted by molar-refractivity contribution is 0.0604. The first-order chi connectivity index (χ1) is 10.3. The van der Waals surface area contributed by atoms with Gasteiger partial charge in [0.05, 0.1) is 0 Å². The van der Waals surface area contributed by atoms with Crippen molar-refractivity contribution in [3.63, 3.8) is 0 Å². The maximum Gasteiger partial charge on any atom is 0.254 e. The Labute approximate surface area is 125 Å². The van der Waals surface area contributed by atoms with Gasteiger partial charge in [0.2, 0.25) is 0 Å². The maximum atomic E-state index is 13.0. The Hall–Kier alpha value is -1.81. The molecule has 0 spiro atoms. The molecule has 0 bridgehead atoms. The van der Waals surface area contributed by atoms with E-state index in [0.717, 1.165) is 48.8 Å². The minimum Gasteiger partial charge on any atom is -0.361 e. The Morgan fingerprint density at radius 3 is 3.14 bits per heavy atom. The van der Waals surface area contributed by atoms with E-state index in [1.54, 1.807) is 0 Å². The average Bonchev–Trinajstić information content (AvgIpc) is 3.01. The fourth-order valence-electron chi connectivity index (χ4n) is 3.31. The highest BCUT2D eigenvalue weighted by molar-refractivity contribution is 6.06. The highest BCUT2D eigenvalue weighted by Gasteiger charge is 2.27. The number of carbonyl (C=O) groups excluding carboxylic acids is 1. The molecule has 3 rings (SSSR count). The van der Waals surface area contributed by atoms with E-state index < -0.39 is 0 Å². The van der Waals surface area contributed by atoms with Crippen molar-refractivity contribution >= 4 is 16.8 Å². The van der Waals surface area contributed by atoms with Crippen molar-refractivity contribution in [1.29, 1.82) is 0 Å². The van der Waals surface area contributed by atoms with Crippen molar-refractivity contribution in [2.45, 2.75) is 31.7 Å². The van der Waals surface area contributed by atoms with Gasteiger partial charge in [-0.05, 0) is 57.5 Å². The summed E-state index contributed by atoms with van der Waals surface area (Å²) in [6, 6.07) is 8.28. The van der Waals surface area contributed by atoms with E-state index >= 15 is 0 Å². The smallest absolute Gasteiger partial charge is 0.254 e. The fraction of sp³-hybridized carbons (Fsp3) is 0.471. The lowest BCUT2D eigenvalue weighted by atomic mass is 9.97. The minimum atomic E-state index is 0.181. The molecule has 2 N–H and O–H groups in total. The number of benzene rings is 1. The predicted octanol–water partition coefficient (Wildman–Crippen LogP) is 2.77. The van der Waals surface area contributed by atoms with Crippen LogP contribution in [0, 0.1) is 0 Å². The highest BCUT2D eigenvalue weighted by atomic mass is 16.2. The van der Waals surface area contributed by atoms with Crippen LogP contribution in [0.2, 0.25) is 0 Å². The molecule has 2 heterocycles. The monoisotopic (exact) mass is 285 g/mol. The molecule has 4 nitrogen and oxygen atoms in total. The Bertz CT molecular complexity index is 619. The molecule has 1 aliphatic heterocycles. The molecule has 4 heteroatoms. The fourth-order valence-corrected chi connectivity index (χ4v) is 3.31. The number of fused-ring (bicyclic) bond motifs is 1. The molecule has 21 heavy (non-hydrogen) atoms. The molecule has 1 unspecified atom stereocenters. The lowest BCUT2D eigenvalue weighted by Gasteiger charge is -2.36. The molecular formula is C17H23N3O. The second kappa shape index (κ2) is 6.31. The third-order valence-electron chi connectivity index (χ3n) is 4.44. The zero-order valence-corrected chi connectivity index (χ0v) is 12.6. The van der Waals surface area contributed by atoms with Crippen LogP contribution in [0.3, 0.4) is 0 Å². The Balaban J connectivity index is 1.87. The number of aromatic amines is 1. The molecule has 1 aromatic heterocycles. The molecular weight excluding hydrogens is 262 g/mol. The van der Waals surface area contributed by atoms with Crippen molar-refractivity contribution in [2.75, 3.05) is 20.1 Å². The summed E-state index contributed by atoms with van der Waals surface area (Å²) < 4.78 is 0. The number of carbonyl (C=O) groups is 1. The molecule has 2 aromatic rings. The third-order valence-corrected chi connectivity index (χ3v) is 4.44. The summed E-state index contributed by atoms with van der Waals surface area (Å²) in [5.41, 5.74) is 1.86. The van der Waals surface area contributed by atoms with E-state index in [4.69, 9.17) is 0 Å². The number of nitrogens with zero attached hydrogens (tertiary/aromatic N) is 1. The third kappa shape index (κ3) is 2.81. The van der Waals surface area contributed by atoms with Crippen LogP contribution < -0.4 is 5.32 Å². The predicted molar refractivity (Wildman–Crippen MR) is 85.5 cm³/mol. The molecule has 1 aromatic carbocycles. The zero-order valence-electron chi connectivity index (χ0n) is 12.6. The van der Waals surface area contributed by atoms with Crippen LogP contribution in [0.5, 0.6) is 0 Å². The standard InChI is InChI=1S/C17H23N3O/c1-18-10-8-13-5-2-3-12-20(13)17(21)15-6-4-7-16-14(15)9-11-19-16/h4,6-7,9,11,13,18-19H,2-3,5,8,10,12H2,1H3. The van der Waals surface area contributed by atoms with E-state index in [-0.39, 0.29) is 5.91 Å². The summed E-state index contributed by atoms with van der Waals surface area (Å²) >= 11 is 0. The quantitative estimate of drug-likeness (QED) is 0.907. The van der Waals surface area contributed by atoms with Crippen LogP contribution in [0.15, 0.2) is 30.5 Å². The van der Waals surface area contributed by atoms with Crippen LogP contribution in [0.1, 0.15) is 36.0 Å². The maximum absolute atomic E-state index is 13.0. The summed E-state index contributed by atoms with van der Waals surface area (Å²) in [7, 11) is 1.97. The molecule has 1 amide bonds. The van der Waals surface area contributed by atoms with Gasteiger partial charge in [0.25, 0.3) is 5.91 Å². The van der Waals surface area contributed by atoms with E-state index in [0.29, 0.717) is 6.04 Å². The zero-order chi connectivity index (χ0) is 14.7. The first-order valence-corrected chi connectivity index (χ1v) is 7.83. The first-order valence-electron chi connectivity index (χ1n) is 7.83. The Morgan fingerprint density at radius 2 is 2.29 bits per heavy atom. The van der Waals surface area contributed by atoms with Crippen LogP contribution in [-0.2, 0) is 0 Å². The molecule has 1 saturated heterocycles. The van der Waals surface area contributed by atoms with E-state index in [2.05, 4.69) is 15.2 Å².